The van der Waals surface area contributed by atoms with Gasteiger partial charge < -0.3 is 19.2 Å². The van der Waals surface area contributed by atoms with Crippen molar-refractivity contribution in [1.82, 2.24) is 4.98 Å². The van der Waals surface area contributed by atoms with Crippen molar-refractivity contribution in [3.63, 3.8) is 0 Å². The van der Waals surface area contributed by atoms with E-state index < -0.39 is 5.97 Å². The fraction of sp³-hybridized carbons (Fsp3) is 0.105. The number of aromatic carboxylic acids is 1. The summed E-state index contributed by atoms with van der Waals surface area (Å²) in [6, 6.07) is 11.4. The number of anilines is 1. The summed E-state index contributed by atoms with van der Waals surface area (Å²) in [5.41, 5.74) is 1.58. The van der Waals surface area contributed by atoms with E-state index >= 15 is 0 Å². The zero-order chi connectivity index (χ0) is 18.7. The van der Waals surface area contributed by atoms with E-state index in [1.54, 1.807) is 25.2 Å². The molecule has 1 aromatic heterocycles. The number of hydrogen-bond acceptors (Lipinski definition) is 5. The third-order valence-electron chi connectivity index (χ3n) is 3.91. The first-order chi connectivity index (χ1) is 12.5. The molecule has 0 fully saturated rings. The van der Waals surface area contributed by atoms with E-state index in [4.69, 9.17) is 14.3 Å². The zero-order valence-corrected chi connectivity index (χ0v) is 14.2. The molecule has 0 aliphatic carbocycles. The molecule has 3 rings (SSSR count). The van der Waals surface area contributed by atoms with Gasteiger partial charge in [0.2, 0.25) is 5.89 Å². The van der Waals surface area contributed by atoms with Gasteiger partial charge in [-0.05, 0) is 30.3 Å². The van der Waals surface area contributed by atoms with Crippen LogP contribution in [0.25, 0.3) is 11.5 Å². The van der Waals surface area contributed by atoms with Crippen LogP contribution in [-0.4, -0.2) is 36.1 Å². The molecule has 3 aromatic rings. The minimum absolute atomic E-state index is 0.00751. The van der Waals surface area contributed by atoms with Crippen LogP contribution in [0.3, 0.4) is 0 Å². The molecule has 0 unspecified atom stereocenters. The number of benzene rings is 2. The number of oxazole rings is 1. The van der Waals surface area contributed by atoms with Crippen molar-refractivity contribution in [2.24, 2.45) is 0 Å². The quantitative estimate of drug-likeness (QED) is 0.757. The van der Waals surface area contributed by atoms with Crippen molar-refractivity contribution < 1.29 is 23.8 Å². The Morgan fingerprint density at radius 2 is 1.96 bits per heavy atom. The maximum atomic E-state index is 12.9. The summed E-state index contributed by atoms with van der Waals surface area (Å²) in [7, 11) is 2.99. The molecule has 7 heteroatoms. The zero-order valence-electron chi connectivity index (χ0n) is 14.2. The predicted octanol–water partition coefficient (Wildman–Crippen LogP) is 3.33. The fourth-order valence-electron chi connectivity index (χ4n) is 2.61. The van der Waals surface area contributed by atoms with Crippen molar-refractivity contribution in [3.05, 3.63) is 66.1 Å². The lowest BCUT2D eigenvalue weighted by Crippen LogP contribution is -2.27. The third-order valence-corrected chi connectivity index (χ3v) is 3.91. The summed E-state index contributed by atoms with van der Waals surface area (Å²) >= 11 is 0. The molecule has 7 nitrogen and oxygen atoms in total. The second-order valence-corrected chi connectivity index (χ2v) is 5.44. The first kappa shape index (κ1) is 17.2. The van der Waals surface area contributed by atoms with Crippen molar-refractivity contribution in [3.8, 4) is 17.2 Å². The standard InChI is InChI=1S/C19H16N2O5/c1-21(15-6-4-3-5-13(15)17-20-9-10-26-17)18(22)12-7-8-14(19(23)24)16(11-12)25-2/h3-11H,1-2H3,(H,23,24). The molecular formula is C19H16N2O5. The molecule has 0 aliphatic heterocycles. The summed E-state index contributed by atoms with van der Waals surface area (Å²) in [6.07, 6.45) is 2.99. The van der Waals surface area contributed by atoms with Gasteiger partial charge in [-0.25, -0.2) is 9.78 Å². The monoisotopic (exact) mass is 352 g/mol. The molecule has 2 aromatic carbocycles. The number of methoxy groups -OCH3 is 1. The normalized spacial score (nSPS) is 10.4. The number of carboxylic acids is 1. The average Bonchev–Trinajstić information content (AvgIpc) is 3.20. The van der Waals surface area contributed by atoms with Crippen LogP contribution >= 0.6 is 0 Å². The molecule has 0 atom stereocenters. The van der Waals surface area contributed by atoms with Crippen LogP contribution in [0.2, 0.25) is 0 Å². The van der Waals surface area contributed by atoms with Crippen LogP contribution in [0.5, 0.6) is 5.75 Å². The van der Waals surface area contributed by atoms with E-state index in [0.29, 0.717) is 22.7 Å². The highest BCUT2D eigenvalue weighted by Gasteiger charge is 2.21. The van der Waals surface area contributed by atoms with Gasteiger partial charge in [0.15, 0.2) is 0 Å². The van der Waals surface area contributed by atoms with Crippen molar-refractivity contribution in [2.45, 2.75) is 0 Å². The topological polar surface area (TPSA) is 92.9 Å². The lowest BCUT2D eigenvalue weighted by Gasteiger charge is -2.20. The summed E-state index contributed by atoms with van der Waals surface area (Å²) < 4.78 is 10.4. The number of amides is 1. The Morgan fingerprint density at radius 3 is 2.62 bits per heavy atom. The van der Waals surface area contributed by atoms with Gasteiger partial charge in [-0.15, -0.1) is 0 Å². The molecule has 0 radical (unpaired) electrons. The van der Waals surface area contributed by atoms with Crippen LogP contribution in [0.4, 0.5) is 5.69 Å². The van der Waals surface area contributed by atoms with Crippen molar-refractivity contribution in [2.75, 3.05) is 19.1 Å². The van der Waals surface area contributed by atoms with E-state index in [1.807, 2.05) is 6.07 Å². The SMILES string of the molecule is COc1cc(C(=O)N(C)c2ccccc2-c2ncco2)ccc1C(=O)O. The van der Waals surface area contributed by atoms with Gasteiger partial charge in [0.05, 0.1) is 24.6 Å². The van der Waals surface area contributed by atoms with Crippen LogP contribution in [0, 0.1) is 0 Å². The Bertz CT molecular complexity index is 950. The van der Waals surface area contributed by atoms with E-state index in [0.717, 1.165) is 0 Å². The average molecular weight is 352 g/mol. The summed E-state index contributed by atoms with van der Waals surface area (Å²) in [5.74, 6) is -0.917. The number of carboxylic acid groups (broad SMARTS) is 1. The number of aromatic nitrogens is 1. The molecule has 0 bridgehead atoms. The second-order valence-electron chi connectivity index (χ2n) is 5.44. The molecule has 1 N–H and O–H groups in total. The third kappa shape index (κ3) is 3.14. The van der Waals surface area contributed by atoms with Crippen LogP contribution in [-0.2, 0) is 0 Å². The predicted molar refractivity (Wildman–Crippen MR) is 94.6 cm³/mol. The molecular weight excluding hydrogens is 336 g/mol. The van der Waals surface area contributed by atoms with Gasteiger partial charge in [0, 0.05) is 12.6 Å². The second kappa shape index (κ2) is 7.10. The van der Waals surface area contributed by atoms with Crippen LogP contribution in [0.1, 0.15) is 20.7 Å². The van der Waals surface area contributed by atoms with E-state index in [9.17, 15) is 9.59 Å². The highest BCUT2D eigenvalue weighted by atomic mass is 16.5. The van der Waals surface area contributed by atoms with Gasteiger partial charge in [0.25, 0.3) is 5.91 Å². The molecule has 132 valence electrons. The number of carbonyl (C=O) groups is 2. The Kier molecular flexibility index (Phi) is 4.70. The number of ether oxygens (including phenoxy) is 1. The lowest BCUT2D eigenvalue weighted by molar-refractivity contribution is 0.0692. The maximum absolute atomic E-state index is 12.9. The molecule has 0 aliphatic rings. The fourth-order valence-corrected chi connectivity index (χ4v) is 2.61. The first-order valence-electron chi connectivity index (χ1n) is 7.71. The smallest absolute Gasteiger partial charge is 0.339 e. The largest absolute Gasteiger partial charge is 0.496 e. The van der Waals surface area contributed by atoms with Crippen LogP contribution < -0.4 is 9.64 Å². The highest BCUT2D eigenvalue weighted by Crippen LogP contribution is 2.30. The molecule has 0 saturated heterocycles. The number of rotatable bonds is 5. The van der Waals surface area contributed by atoms with E-state index in [2.05, 4.69) is 4.98 Å². The summed E-state index contributed by atoms with van der Waals surface area (Å²) in [4.78, 5) is 29.7. The number of hydrogen-bond donors (Lipinski definition) is 1. The van der Waals surface area contributed by atoms with Crippen LogP contribution in [0.15, 0.2) is 59.3 Å². The van der Waals surface area contributed by atoms with Crippen molar-refractivity contribution >= 4 is 17.6 Å². The Labute approximate surface area is 149 Å². The molecule has 1 amide bonds. The Hall–Kier alpha value is -3.61. The maximum Gasteiger partial charge on any atom is 0.339 e. The summed E-state index contributed by atoms with van der Waals surface area (Å²) in [6.45, 7) is 0. The van der Waals surface area contributed by atoms with Gasteiger partial charge in [-0.1, -0.05) is 12.1 Å². The Morgan fingerprint density at radius 1 is 1.19 bits per heavy atom. The number of carbonyl (C=O) groups excluding carboxylic acids is 1. The van der Waals surface area contributed by atoms with Gasteiger partial charge in [-0.3, -0.25) is 4.79 Å². The minimum Gasteiger partial charge on any atom is -0.496 e. The molecule has 0 spiro atoms. The van der Waals surface area contributed by atoms with Gasteiger partial charge >= 0.3 is 5.97 Å². The number of para-hydroxylation sites is 1. The number of nitrogens with zero attached hydrogens (tertiary/aromatic N) is 2. The molecule has 26 heavy (non-hydrogen) atoms. The lowest BCUT2D eigenvalue weighted by atomic mass is 10.1. The Balaban J connectivity index is 1.98. The van der Waals surface area contributed by atoms with Gasteiger partial charge in [-0.2, -0.15) is 0 Å². The first-order valence-corrected chi connectivity index (χ1v) is 7.71. The van der Waals surface area contributed by atoms with Crippen molar-refractivity contribution in [1.29, 1.82) is 0 Å². The van der Waals surface area contributed by atoms with E-state index in [-0.39, 0.29) is 17.2 Å². The van der Waals surface area contributed by atoms with Gasteiger partial charge in [0.1, 0.15) is 17.6 Å². The molecule has 1 heterocycles. The summed E-state index contributed by atoms with van der Waals surface area (Å²) in [5, 5.41) is 9.16. The van der Waals surface area contributed by atoms with E-state index in [1.165, 1.54) is 42.7 Å². The molecule has 0 saturated carbocycles. The minimum atomic E-state index is -1.12. The highest BCUT2D eigenvalue weighted by molar-refractivity contribution is 6.08.